The molecule has 0 radical (unpaired) electrons. The van der Waals surface area contributed by atoms with E-state index in [1.165, 1.54) is 4.31 Å². The van der Waals surface area contributed by atoms with Crippen molar-refractivity contribution in [1.29, 1.82) is 0 Å². The first-order chi connectivity index (χ1) is 9.59. The summed E-state index contributed by atoms with van der Waals surface area (Å²) in [5.41, 5.74) is 0.673. The van der Waals surface area contributed by atoms with Gasteiger partial charge in [-0.1, -0.05) is 13.8 Å². The van der Waals surface area contributed by atoms with Crippen LogP contribution in [0.25, 0.3) is 0 Å². The van der Waals surface area contributed by atoms with Crippen molar-refractivity contribution in [3.8, 4) is 0 Å². The van der Waals surface area contributed by atoms with Gasteiger partial charge >= 0.3 is 0 Å². The lowest BCUT2D eigenvalue weighted by atomic mass is 10.2. The normalized spacial score (nSPS) is 21.2. The summed E-state index contributed by atoms with van der Waals surface area (Å²) < 4.78 is 32.3. The lowest BCUT2D eigenvalue weighted by Gasteiger charge is -2.31. The van der Waals surface area contributed by atoms with E-state index >= 15 is 0 Å². The van der Waals surface area contributed by atoms with Crippen molar-refractivity contribution in [2.75, 3.05) is 26.2 Å². The number of nitrogens with one attached hydrogen (secondary N) is 2. The molecule has 8 heteroatoms. The second-order valence-corrected chi connectivity index (χ2v) is 6.64. The molecule has 20 heavy (non-hydrogen) atoms. The number of hydrogen-bond acceptors (Lipinski definition) is 5. The Bertz CT molecular complexity index is 529. The van der Waals surface area contributed by atoms with Gasteiger partial charge in [-0.05, 0) is 13.0 Å². The van der Waals surface area contributed by atoms with Crippen LogP contribution < -0.4 is 5.32 Å². The summed E-state index contributed by atoms with van der Waals surface area (Å²) in [5, 5.41) is 9.81. The Kier molecular flexibility index (Phi) is 5.14. The molecule has 2 heterocycles. The van der Waals surface area contributed by atoms with Crippen molar-refractivity contribution in [2.24, 2.45) is 0 Å². The molecule has 7 nitrogen and oxygen atoms in total. The lowest BCUT2D eigenvalue weighted by molar-refractivity contribution is -0.00286. The quantitative estimate of drug-likeness (QED) is 0.790. The molecule has 0 amide bonds. The smallest absolute Gasteiger partial charge is 0.260 e. The average Bonchev–Trinajstić information content (AvgIpc) is 2.94. The van der Waals surface area contributed by atoms with E-state index in [2.05, 4.69) is 15.5 Å². The third-order valence-corrected chi connectivity index (χ3v) is 5.28. The summed E-state index contributed by atoms with van der Waals surface area (Å²) in [6, 6.07) is 0. The molecule has 2 N–H and O–H groups in total. The van der Waals surface area contributed by atoms with Crippen LogP contribution in [0.4, 0.5) is 0 Å². The Morgan fingerprint density at radius 2 is 2.35 bits per heavy atom. The summed E-state index contributed by atoms with van der Waals surface area (Å²) >= 11 is 0. The zero-order valence-corrected chi connectivity index (χ0v) is 12.7. The first-order valence-electron chi connectivity index (χ1n) is 6.94. The summed E-state index contributed by atoms with van der Waals surface area (Å²) in [7, 11) is -3.53. The molecule has 2 rings (SSSR count). The van der Waals surface area contributed by atoms with Crippen molar-refractivity contribution in [2.45, 2.75) is 37.9 Å². The molecule has 1 aliphatic heterocycles. The first-order valence-corrected chi connectivity index (χ1v) is 8.38. The van der Waals surface area contributed by atoms with Crippen LogP contribution in [0.3, 0.4) is 0 Å². The molecule has 0 spiro atoms. The molecule has 1 fully saturated rings. The Balaban J connectivity index is 2.19. The molecule has 1 unspecified atom stereocenters. The van der Waals surface area contributed by atoms with Gasteiger partial charge in [-0.15, -0.1) is 0 Å². The Hall–Kier alpha value is -0.960. The minimum absolute atomic E-state index is 0.0290. The molecule has 0 bridgehead atoms. The van der Waals surface area contributed by atoms with Crippen LogP contribution in [0, 0.1) is 0 Å². The van der Waals surface area contributed by atoms with E-state index in [9.17, 15) is 8.42 Å². The Labute approximate surface area is 119 Å². The second-order valence-electron chi connectivity index (χ2n) is 4.77. The number of aromatic nitrogens is 2. The number of rotatable bonds is 6. The number of ether oxygens (including phenoxy) is 1. The molecule has 1 aromatic heterocycles. The third kappa shape index (κ3) is 3.20. The maximum atomic E-state index is 12.7. The number of aromatic amines is 1. The van der Waals surface area contributed by atoms with E-state index in [-0.39, 0.29) is 11.1 Å². The predicted molar refractivity (Wildman–Crippen MR) is 74.8 cm³/mol. The van der Waals surface area contributed by atoms with Crippen molar-refractivity contribution in [3.05, 3.63) is 11.8 Å². The summed E-state index contributed by atoms with van der Waals surface area (Å²) in [5.74, 6) is 0. The molecule has 1 saturated heterocycles. The molecule has 1 aromatic rings. The summed E-state index contributed by atoms with van der Waals surface area (Å²) in [6.45, 7) is 6.46. The standard InChI is InChI=1S/C12H22N4O3S/c1-3-11-9-16(5-6-19-11)20(17,18)12-10(7-13-4-2)8-14-15-12/h8,11,13H,3-7,9H2,1-2H3,(H,14,15). The molecule has 0 aromatic carbocycles. The van der Waals surface area contributed by atoms with Crippen molar-refractivity contribution in [3.63, 3.8) is 0 Å². The number of morpholine rings is 1. The van der Waals surface area contributed by atoms with Gasteiger partial charge in [0.2, 0.25) is 0 Å². The van der Waals surface area contributed by atoms with Crippen LogP contribution in [-0.2, 0) is 21.3 Å². The Morgan fingerprint density at radius 3 is 3.05 bits per heavy atom. The van der Waals surface area contributed by atoms with Crippen LogP contribution in [0.1, 0.15) is 25.8 Å². The van der Waals surface area contributed by atoms with Crippen molar-refractivity contribution < 1.29 is 13.2 Å². The van der Waals surface area contributed by atoms with Gasteiger partial charge in [0.05, 0.1) is 18.9 Å². The fraction of sp³-hybridized carbons (Fsp3) is 0.750. The van der Waals surface area contributed by atoms with E-state index in [0.29, 0.717) is 31.8 Å². The highest BCUT2D eigenvalue weighted by molar-refractivity contribution is 7.89. The first kappa shape index (κ1) is 15.4. The number of H-pyrrole nitrogens is 1. The van der Waals surface area contributed by atoms with E-state index < -0.39 is 10.0 Å². The third-order valence-electron chi connectivity index (χ3n) is 3.40. The van der Waals surface area contributed by atoms with Crippen LogP contribution in [-0.4, -0.2) is 55.3 Å². The Morgan fingerprint density at radius 1 is 1.55 bits per heavy atom. The highest BCUT2D eigenvalue weighted by Gasteiger charge is 2.32. The van der Waals surface area contributed by atoms with Crippen molar-refractivity contribution in [1.82, 2.24) is 19.8 Å². The maximum Gasteiger partial charge on any atom is 0.260 e. The van der Waals surface area contributed by atoms with E-state index in [4.69, 9.17) is 4.74 Å². The van der Waals surface area contributed by atoms with Gasteiger partial charge in [0, 0.05) is 25.2 Å². The molecule has 1 atom stereocenters. The number of hydrogen-bond donors (Lipinski definition) is 2. The highest BCUT2D eigenvalue weighted by Crippen LogP contribution is 2.20. The van der Waals surface area contributed by atoms with E-state index in [1.807, 2.05) is 13.8 Å². The van der Waals surface area contributed by atoms with Gasteiger partial charge in [-0.3, -0.25) is 5.10 Å². The van der Waals surface area contributed by atoms with Gasteiger partial charge in [-0.25, -0.2) is 8.42 Å². The summed E-state index contributed by atoms with van der Waals surface area (Å²) in [6.07, 6.45) is 2.34. The minimum Gasteiger partial charge on any atom is -0.375 e. The van der Waals surface area contributed by atoms with Crippen LogP contribution in [0.5, 0.6) is 0 Å². The van der Waals surface area contributed by atoms with Gasteiger partial charge in [-0.2, -0.15) is 9.40 Å². The minimum atomic E-state index is -3.53. The van der Waals surface area contributed by atoms with Crippen LogP contribution in [0.2, 0.25) is 0 Å². The molecular formula is C12H22N4O3S. The molecule has 0 saturated carbocycles. The maximum absolute atomic E-state index is 12.7. The molecular weight excluding hydrogens is 280 g/mol. The van der Waals surface area contributed by atoms with Crippen LogP contribution in [0.15, 0.2) is 11.2 Å². The predicted octanol–water partition coefficient (Wildman–Crippen LogP) is 0.319. The average molecular weight is 302 g/mol. The molecule has 1 aliphatic rings. The van der Waals surface area contributed by atoms with Gasteiger partial charge < -0.3 is 10.1 Å². The fourth-order valence-electron chi connectivity index (χ4n) is 2.19. The molecule has 0 aliphatic carbocycles. The summed E-state index contributed by atoms with van der Waals surface area (Å²) in [4.78, 5) is 0. The van der Waals surface area contributed by atoms with E-state index in [1.54, 1.807) is 6.20 Å². The highest BCUT2D eigenvalue weighted by atomic mass is 32.2. The van der Waals surface area contributed by atoms with Crippen LogP contribution >= 0.6 is 0 Å². The topological polar surface area (TPSA) is 87.3 Å². The molecule has 114 valence electrons. The SMILES string of the molecule is CCNCc1cn[nH]c1S(=O)(=O)N1CCOC(CC)C1. The van der Waals surface area contributed by atoms with Gasteiger partial charge in [0.1, 0.15) is 0 Å². The van der Waals surface area contributed by atoms with E-state index in [0.717, 1.165) is 13.0 Å². The second kappa shape index (κ2) is 6.66. The van der Waals surface area contributed by atoms with Gasteiger partial charge in [0.15, 0.2) is 5.03 Å². The van der Waals surface area contributed by atoms with Crippen molar-refractivity contribution >= 4 is 10.0 Å². The fourth-order valence-corrected chi connectivity index (χ4v) is 3.75. The lowest BCUT2D eigenvalue weighted by Crippen LogP contribution is -2.45. The zero-order chi connectivity index (χ0) is 14.6. The largest absolute Gasteiger partial charge is 0.375 e. The monoisotopic (exact) mass is 302 g/mol. The zero-order valence-electron chi connectivity index (χ0n) is 11.9. The number of nitrogens with zero attached hydrogens (tertiary/aromatic N) is 2. The number of sulfonamides is 1. The van der Waals surface area contributed by atoms with Gasteiger partial charge in [0.25, 0.3) is 10.0 Å².